The summed E-state index contributed by atoms with van der Waals surface area (Å²) in [6, 6.07) is 12.1. The van der Waals surface area contributed by atoms with Gasteiger partial charge in [0.25, 0.3) is 5.91 Å². The molecule has 7 heteroatoms. The van der Waals surface area contributed by atoms with Gasteiger partial charge in [-0.05, 0) is 64.3 Å². The molecule has 1 atom stereocenters. The highest BCUT2D eigenvalue weighted by Gasteiger charge is 2.49. The summed E-state index contributed by atoms with van der Waals surface area (Å²) in [7, 11) is 3.69. The van der Waals surface area contributed by atoms with Crippen LogP contribution in [-0.4, -0.2) is 70.9 Å². The number of carbonyl (C=O) groups is 2. The highest BCUT2D eigenvalue weighted by molar-refractivity contribution is 5.92. The first-order valence-corrected chi connectivity index (χ1v) is 11.9. The van der Waals surface area contributed by atoms with Gasteiger partial charge in [-0.3, -0.25) is 14.5 Å². The third kappa shape index (κ3) is 4.51. The third-order valence-electron chi connectivity index (χ3n) is 7.56. The van der Waals surface area contributed by atoms with Gasteiger partial charge in [0.2, 0.25) is 5.91 Å². The number of piperidine rings is 1. The molecular formula is C26H35N5O2. The van der Waals surface area contributed by atoms with E-state index in [0.29, 0.717) is 24.6 Å². The van der Waals surface area contributed by atoms with Gasteiger partial charge in [0.15, 0.2) is 0 Å². The number of rotatable bonds is 5. The number of benzene rings is 1. The van der Waals surface area contributed by atoms with E-state index in [-0.39, 0.29) is 17.2 Å². The van der Waals surface area contributed by atoms with Crippen LogP contribution in [0.15, 0.2) is 36.4 Å². The maximum absolute atomic E-state index is 13.9. The molecule has 2 saturated heterocycles. The number of hydrogen-bond donors (Lipinski definition) is 1. The molecule has 176 valence electrons. The number of aryl methyl sites for hydroxylation is 1. The van der Waals surface area contributed by atoms with E-state index >= 15 is 0 Å². The quantitative estimate of drug-likeness (QED) is 0.759. The zero-order valence-corrected chi connectivity index (χ0v) is 20.2. The van der Waals surface area contributed by atoms with Crippen LogP contribution in [0, 0.1) is 6.92 Å². The highest BCUT2D eigenvalue weighted by atomic mass is 16.2. The standard InChI is InChI=1S/C26H35N5O2/c1-19-17-21(22(32)27-3)29-23(28-19)25(2)12-15-31(16-13-25)24(33)26(11-8-14-30(26)4)18-20-9-6-5-7-10-20/h5-7,9-10,17H,8,11-16,18H2,1-4H3,(H,27,32)/t26-/m0/s1. The molecule has 1 aromatic heterocycles. The maximum Gasteiger partial charge on any atom is 0.269 e. The van der Waals surface area contributed by atoms with Gasteiger partial charge in [-0.1, -0.05) is 37.3 Å². The molecule has 2 aromatic rings. The molecule has 0 saturated carbocycles. The van der Waals surface area contributed by atoms with Gasteiger partial charge in [-0.25, -0.2) is 9.97 Å². The number of likely N-dealkylation sites (N-methyl/N-ethyl adjacent to an activating group) is 1. The molecule has 2 amide bonds. The topological polar surface area (TPSA) is 78.4 Å². The van der Waals surface area contributed by atoms with Crippen LogP contribution in [0.1, 0.15) is 60.2 Å². The number of nitrogens with one attached hydrogen (secondary N) is 1. The smallest absolute Gasteiger partial charge is 0.269 e. The average Bonchev–Trinajstić information content (AvgIpc) is 3.19. The second-order valence-corrected chi connectivity index (χ2v) is 9.87. The predicted molar refractivity (Wildman–Crippen MR) is 128 cm³/mol. The van der Waals surface area contributed by atoms with Crippen molar-refractivity contribution in [1.29, 1.82) is 0 Å². The average molecular weight is 450 g/mol. The molecule has 7 nitrogen and oxygen atoms in total. The molecule has 33 heavy (non-hydrogen) atoms. The van der Waals surface area contributed by atoms with Crippen molar-refractivity contribution in [2.75, 3.05) is 33.7 Å². The van der Waals surface area contributed by atoms with Crippen molar-refractivity contribution in [2.24, 2.45) is 0 Å². The Bertz CT molecular complexity index is 1020. The molecule has 0 spiro atoms. The highest BCUT2D eigenvalue weighted by Crippen LogP contribution is 2.38. The van der Waals surface area contributed by atoms with Gasteiger partial charge >= 0.3 is 0 Å². The van der Waals surface area contributed by atoms with E-state index in [4.69, 9.17) is 0 Å². The lowest BCUT2D eigenvalue weighted by Crippen LogP contribution is -2.59. The zero-order valence-electron chi connectivity index (χ0n) is 20.2. The van der Waals surface area contributed by atoms with Gasteiger partial charge in [-0.2, -0.15) is 0 Å². The van der Waals surface area contributed by atoms with E-state index in [1.165, 1.54) is 5.56 Å². The zero-order chi connectivity index (χ0) is 23.6. The second kappa shape index (κ2) is 9.21. The van der Waals surface area contributed by atoms with Crippen LogP contribution in [0.4, 0.5) is 0 Å². The van der Waals surface area contributed by atoms with Crippen molar-refractivity contribution in [3.8, 4) is 0 Å². The number of amides is 2. The van der Waals surface area contributed by atoms with E-state index in [1.54, 1.807) is 13.1 Å². The van der Waals surface area contributed by atoms with E-state index in [2.05, 4.69) is 46.3 Å². The molecule has 2 aliphatic rings. The summed E-state index contributed by atoms with van der Waals surface area (Å²) in [4.78, 5) is 39.6. The lowest BCUT2D eigenvalue weighted by Gasteiger charge is -2.44. The molecule has 1 aromatic carbocycles. The van der Waals surface area contributed by atoms with Crippen LogP contribution in [0.5, 0.6) is 0 Å². The van der Waals surface area contributed by atoms with Crippen LogP contribution >= 0.6 is 0 Å². The van der Waals surface area contributed by atoms with Gasteiger partial charge in [-0.15, -0.1) is 0 Å². The first-order valence-electron chi connectivity index (χ1n) is 11.9. The molecule has 2 aliphatic heterocycles. The number of hydrogen-bond acceptors (Lipinski definition) is 5. The number of likely N-dealkylation sites (tertiary alicyclic amines) is 2. The first-order chi connectivity index (χ1) is 15.8. The van der Waals surface area contributed by atoms with Crippen molar-refractivity contribution < 1.29 is 9.59 Å². The fourth-order valence-electron chi connectivity index (χ4n) is 5.32. The Kier molecular flexibility index (Phi) is 6.52. The first kappa shape index (κ1) is 23.4. The molecule has 0 radical (unpaired) electrons. The summed E-state index contributed by atoms with van der Waals surface area (Å²) in [6.07, 6.45) is 4.23. The molecule has 0 aliphatic carbocycles. The molecule has 1 N–H and O–H groups in total. The van der Waals surface area contributed by atoms with Crippen LogP contribution in [0.2, 0.25) is 0 Å². The van der Waals surface area contributed by atoms with E-state index in [0.717, 1.165) is 44.3 Å². The van der Waals surface area contributed by atoms with Crippen molar-refractivity contribution >= 4 is 11.8 Å². The Labute approximate surface area is 196 Å². The Balaban J connectivity index is 1.52. The summed E-state index contributed by atoms with van der Waals surface area (Å²) >= 11 is 0. The third-order valence-corrected chi connectivity index (χ3v) is 7.56. The van der Waals surface area contributed by atoms with E-state index < -0.39 is 5.54 Å². The van der Waals surface area contributed by atoms with Crippen LogP contribution in [0.25, 0.3) is 0 Å². The SMILES string of the molecule is CNC(=O)c1cc(C)nc(C2(C)CCN(C(=O)[C@@]3(Cc4ccccc4)CCCN3C)CC2)n1. The van der Waals surface area contributed by atoms with Crippen molar-refractivity contribution in [3.63, 3.8) is 0 Å². The number of nitrogens with zero attached hydrogens (tertiary/aromatic N) is 4. The summed E-state index contributed by atoms with van der Waals surface area (Å²) in [5.41, 5.74) is 1.65. The minimum absolute atomic E-state index is 0.204. The van der Waals surface area contributed by atoms with Crippen molar-refractivity contribution in [3.05, 3.63) is 59.2 Å². The second-order valence-electron chi connectivity index (χ2n) is 9.87. The molecule has 3 heterocycles. The summed E-state index contributed by atoms with van der Waals surface area (Å²) < 4.78 is 0. The van der Waals surface area contributed by atoms with Crippen LogP contribution in [-0.2, 0) is 16.6 Å². The minimum Gasteiger partial charge on any atom is -0.354 e. The Morgan fingerprint density at radius 3 is 2.36 bits per heavy atom. The Morgan fingerprint density at radius 2 is 1.76 bits per heavy atom. The van der Waals surface area contributed by atoms with Gasteiger partial charge in [0, 0.05) is 31.2 Å². The largest absolute Gasteiger partial charge is 0.354 e. The van der Waals surface area contributed by atoms with Gasteiger partial charge in [0.05, 0.1) is 0 Å². The van der Waals surface area contributed by atoms with Crippen LogP contribution < -0.4 is 5.32 Å². The normalized spacial score (nSPS) is 22.8. The fraction of sp³-hybridized carbons (Fsp3) is 0.538. The lowest BCUT2D eigenvalue weighted by atomic mass is 9.78. The van der Waals surface area contributed by atoms with Crippen molar-refractivity contribution in [1.82, 2.24) is 25.1 Å². The van der Waals surface area contributed by atoms with Gasteiger partial charge in [0.1, 0.15) is 17.1 Å². The Hall–Kier alpha value is -2.80. The fourth-order valence-corrected chi connectivity index (χ4v) is 5.32. The van der Waals surface area contributed by atoms with E-state index in [9.17, 15) is 9.59 Å². The summed E-state index contributed by atoms with van der Waals surface area (Å²) in [6.45, 7) is 6.34. The number of carbonyl (C=O) groups excluding carboxylic acids is 2. The molecule has 0 unspecified atom stereocenters. The monoisotopic (exact) mass is 449 g/mol. The predicted octanol–water partition coefficient (Wildman–Crippen LogP) is 2.73. The summed E-state index contributed by atoms with van der Waals surface area (Å²) in [5.74, 6) is 0.736. The summed E-state index contributed by atoms with van der Waals surface area (Å²) in [5, 5.41) is 2.65. The number of aromatic nitrogens is 2. The maximum atomic E-state index is 13.9. The lowest BCUT2D eigenvalue weighted by molar-refractivity contribution is -0.144. The molecule has 2 fully saturated rings. The van der Waals surface area contributed by atoms with Gasteiger partial charge < -0.3 is 10.2 Å². The Morgan fingerprint density at radius 1 is 1.06 bits per heavy atom. The molecular weight excluding hydrogens is 414 g/mol. The minimum atomic E-state index is -0.471. The van der Waals surface area contributed by atoms with E-state index in [1.807, 2.05) is 30.0 Å². The van der Waals surface area contributed by atoms with Crippen molar-refractivity contribution in [2.45, 2.75) is 56.9 Å². The molecule has 4 rings (SSSR count). The molecule has 0 bridgehead atoms. The van der Waals surface area contributed by atoms with Crippen LogP contribution in [0.3, 0.4) is 0 Å².